The van der Waals surface area contributed by atoms with Gasteiger partial charge in [-0.15, -0.1) is 0 Å². The van der Waals surface area contributed by atoms with Gasteiger partial charge in [0.1, 0.15) is 5.03 Å². The van der Waals surface area contributed by atoms with Crippen LogP contribution in [-0.4, -0.2) is 32.9 Å². The van der Waals surface area contributed by atoms with E-state index in [0.717, 1.165) is 36.9 Å². The molecule has 0 radical (unpaired) electrons. The average Bonchev–Trinajstić information content (AvgIpc) is 2.65. The maximum atomic E-state index is 12.5. The van der Waals surface area contributed by atoms with Crippen molar-refractivity contribution in [3.05, 3.63) is 50.0 Å². The molecule has 0 saturated heterocycles. The lowest BCUT2D eigenvalue weighted by atomic mass is 9.97. The summed E-state index contributed by atoms with van der Waals surface area (Å²) >= 11 is 13.2. The second kappa shape index (κ2) is 9.78. The zero-order chi connectivity index (χ0) is 20.1. The molecular weight excluding hydrogens is 421 g/mol. The number of anilines is 1. The van der Waals surface area contributed by atoms with Crippen molar-refractivity contribution in [1.29, 1.82) is 0 Å². The molecule has 1 aromatic carbocycles. The van der Waals surface area contributed by atoms with Gasteiger partial charge in [-0.3, -0.25) is 9.36 Å². The standard InChI is InChI=1S/C19H21Cl2N3O3S/c20-12-8-13(21)10-14(9-12)22-17(26)11-28-18-15-4-1-2-5-16(15)24(6-3-7-25)19(27)23-18/h8-10,25H,1-7,11H2,(H,22,26). The van der Waals surface area contributed by atoms with Crippen LogP contribution in [0.4, 0.5) is 5.69 Å². The van der Waals surface area contributed by atoms with Crippen molar-refractivity contribution in [3.8, 4) is 0 Å². The first kappa shape index (κ1) is 21.2. The molecule has 150 valence electrons. The van der Waals surface area contributed by atoms with E-state index in [2.05, 4.69) is 10.3 Å². The van der Waals surface area contributed by atoms with Gasteiger partial charge < -0.3 is 10.4 Å². The molecule has 0 aliphatic heterocycles. The number of aromatic nitrogens is 2. The summed E-state index contributed by atoms with van der Waals surface area (Å²) in [5.74, 6) is -0.0944. The SMILES string of the molecule is O=C(CSc1nc(=O)n(CCCO)c2c1CCCC2)Nc1cc(Cl)cc(Cl)c1. The minimum absolute atomic E-state index is 0.0331. The van der Waals surface area contributed by atoms with Gasteiger partial charge in [-0.1, -0.05) is 35.0 Å². The molecule has 2 N–H and O–H groups in total. The van der Waals surface area contributed by atoms with Crippen LogP contribution in [-0.2, 0) is 24.2 Å². The number of thioether (sulfide) groups is 1. The second-order valence-corrected chi connectivity index (χ2v) is 8.39. The Morgan fingerprint density at radius 1 is 1.21 bits per heavy atom. The smallest absolute Gasteiger partial charge is 0.348 e. The fourth-order valence-corrected chi connectivity index (χ4v) is 4.69. The molecule has 0 fully saturated rings. The van der Waals surface area contributed by atoms with Crippen LogP contribution >= 0.6 is 35.0 Å². The predicted octanol–water partition coefficient (Wildman–Crippen LogP) is 3.54. The van der Waals surface area contributed by atoms with Gasteiger partial charge in [0.05, 0.1) is 5.75 Å². The van der Waals surface area contributed by atoms with Gasteiger partial charge in [-0.05, 0) is 50.3 Å². The Kier molecular flexibility index (Phi) is 7.40. The van der Waals surface area contributed by atoms with Gasteiger partial charge in [-0.25, -0.2) is 4.79 Å². The molecule has 1 aliphatic carbocycles. The van der Waals surface area contributed by atoms with Crippen LogP contribution in [0.3, 0.4) is 0 Å². The predicted molar refractivity (Wildman–Crippen MR) is 113 cm³/mol. The van der Waals surface area contributed by atoms with E-state index in [1.165, 1.54) is 11.8 Å². The fourth-order valence-electron chi connectivity index (χ4n) is 3.28. The minimum Gasteiger partial charge on any atom is -0.396 e. The number of nitrogens with zero attached hydrogens (tertiary/aromatic N) is 2. The molecule has 0 saturated carbocycles. The summed E-state index contributed by atoms with van der Waals surface area (Å²) in [6.07, 6.45) is 4.24. The number of aliphatic hydroxyl groups excluding tert-OH is 1. The largest absolute Gasteiger partial charge is 0.396 e. The molecule has 3 rings (SSSR count). The number of hydrogen-bond donors (Lipinski definition) is 2. The number of carbonyl (C=O) groups excluding carboxylic acids is 1. The number of aliphatic hydroxyl groups is 1. The highest BCUT2D eigenvalue weighted by Gasteiger charge is 2.21. The molecule has 1 aliphatic rings. The zero-order valence-electron chi connectivity index (χ0n) is 15.2. The number of benzene rings is 1. The van der Waals surface area contributed by atoms with E-state index < -0.39 is 0 Å². The van der Waals surface area contributed by atoms with Crippen LogP contribution in [0, 0.1) is 0 Å². The number of rotatable bonds is 7. The van der Waals surface area contributed by atoms with E-state index in [1.54, 1.807) is 22.8 Å². The third kappa shape index (κ3) is 5.29. The molecule has 9 heteroatoms. The van der Waals surface area contributed by atoms with E-state index in [4.69, 9.17) is 28.3 Å². The molecule has 1 aromatic heterocycles. The number of fused-ring (bicyclic) bond motifs is 1. The van der Waals surface area contributed by atoms with E-state index in [1.807, 2.05) is 0 Å². The maximum Gasteiger partial charge on any atom is 0.348 e. The third-order valence-corrected chi connectivity index (χ3v) is 5.93. The van der Waals surface area contributed by atoms with E-state index >= 15 is 0 Å². The van der Waals surface area contributed by atoms with Crippen LogP contribution in [0.15, 0.2) is 28.0 Å². The van der Waals surface area contributed by atoms with Gasteiger partial charge in [-0.2, -0.15) is 4.98 Å². The van der Waals surface area contributed by atoms with Gasteiger partial charge in [0.15, 0.2) is 0 Å². The molecule has 28 heavy (non-hydrogen) atoms. The number of hydrogen-bond acceptors (Lipinski definition) is 5. The zero-order valence-corrected chi connectivity index (χ0v) is 17.5. The highest BCUT2D eigenvalue weighted by atomic mass is 35.5. The topological polar surface area (TPSA) is 84.2 Å². The average molecular weight is 442 g/mol. The molecule has 6 nitrogen and oxygen atoms in total. The lowest BCUT2D eigenvalue weighted by Gasteiger charge is -2.22. The Bertz CT molecular complexity index is 913. The Hall–Kier alpha value is -1.54. The van der Waals surface area contributed by atoms with Crippen LogP contribution in [0.2, 0.25) is 10.0 Å². The lowest BCUT2D eigenvalue weighted by molar-refractivity contribution is -0.113. The van der Waals surface area contributed by atoms with Gasteiger partial charge in [0.25, 0.3) is 0 Å². The molecule has 0 unspecified atom stereocenters. The molecule has 0 spiro atoms. The third-order valence-electron chi connectivity index (χ3n) is 4.48. The number of halogens is 2. The first-order valence-electron chi connectivity index (χ1n) is 9.10. The highest BCUT2D eigenvalue weighted by molar-refractivity contribution is 8.00. The molecule has 2 aromatic rings. The van der Waals surface area contributed by atoms with Crippen LogP contribution in [0.25, 0.3) is 0 Å². The van der Waals surface area contributed by atoms with Gasteiger partial charge >= 0.3 is 5.69 Å². The van der Waals surface area contributed by atoms with Crippen molar-refractivity contribution in [1.82, 2.24) is 9.55 Å². The molecule has 1 amide bonds. The number of nitrogens with one attached hydrogen (secondary N) is 1. The van der Waals surface area contributed by atoms with Crippen molar-refractivity contribution >= 4 is 46.6 Å². The maximum absolute atomic E-state index is 12.5. The number of carbonyl (C=O) groups is 1. The highest BCUT2D eigenvalue weighted by Crippen LogP contribution is 2.29. The normalized spacial score (nSPS) is 13.2. The summed E-state index contributed by atoms with van der Waals surface area (Å²) < 4.78 is 1.67. The Morgan fingerprint density at radius 2 is 1.93 bits per heavy atom. The van der Waals surface area contributed by atoms with Crippen LogP contribution in [0.5, 0.6) is 0 Å². The Balaban J connectivity index is 1.74. The first-order valence-corrected chi connectivity index (χ1v) is 10.8. The molecule has 0 bridgehead atoms. The summed E-state index contributed by atoms with van der Waals surface area (Å²) in [6, 6.07) is 4.84. The van der Waals surface area contributed by atoms with Crippen molar-refractivity contribution in [2.45, 2.75) is 43.7 Å². The Labute approximate surface area is 177 Å². The minimum atomic E-state index is -0.321. The van der Waals surface area contributed by atoms with E-state index in [9.17, 15) is 9.59 Å². The second-order valence-electron chi connectivity index (χ2n) is 6.56. The van der Waals surface area contributed by atoms with Crippen molar-refractivity contribution in [2.75, 3.05) is 17.7 Å². The molecular formula is C19H21Cl2N3O3S. The summed E-state index contributed by atoms with van der Waals surface area (Å²) in [5, 5.41) is 13.3. The molecule has 1 heterocycles. The van der Waals surface area contributed by atoms with Crippen LogP contribution in [0.1, 0.15) is 30.5 Å². The fraction of sp³-hybridized carbons (Fsp3) is 0.421. The lowest BCUT2D eigenvalue weighted by Crippen LogP contribution is -2.30. The summed E-state index contributed by atoms with van der Waals surface area (Å²) in [5.41, 5.74) is 2.24. The van der Waals surface area contributed by atoms with E-state index in [-0.39, 0.29) is 24.0 Å². The van der Waals surface area contributed by atoms with Crippen LogP contribution < -0.4 is 11.0 Å². The van der Waals surface area contributed by atoms with Gasteiger partial charge in [0.2, 0.25) is 5.91 Å². The Morgan fingerprint density at radius 3 is 2.64 bits per heavy atom. The van der Waals surface area contributed by atoms with Crippen molar-refractivity contribution in [3.63, 3.8) is 0 Å². The summed E-state index contributed by atoms with van der Waals surface area (Å²) in [4.78, 5) is 29.0. The summed E-state index contributed by atoms with van der Waals surface area (Å²) in [6.45, 7) is 0.497. The number of amides is 1. The quantitative estimate of drug-likeness (QED) is 0.506. The van der Waals surface area contributed by atoms with Gasteiger partial charge in [0, 0.05) is 40.1 Å². The van der Waals surface area contributed by atoms with Crippen molar-refractivity contribution < 1.29 is 9.90 Å². The first-order chi connectivity index (χ1) is 13.5. The monoisotopic (exact) mass is 441 g/mol. The summed E-state index contributed by atoms with van der Waals surface area (Å²) in [7, 11) is 0. The van der Waals surface area contributed by atoms with E-state index in [0.29, 0.717) is 33.7 Å². The molecule has 0 atom stereocenters. The van der Waals surface area contributed by atoms with Crippen molar-refractivity contribution in [2.24, 2.45) is 0 Å².